The summed E-state index contributed by atoms with van der Waals surface area (Å²) in [6, 6.07) is 0. The average molecular weight is 589 g/mol. The molecule has 1 unspecified atom stereocenters. The van der Waals surface area contributed by atoms with Crippen LogP contribution < -0.4 is 0 Å². The smallest absolute Gasteiger partial charge is 0.101 e. The highest BCUT2D eigenvalue weighted by Crippen LogP contribution is 2.24. The Bertz CT molecular complexity index is 544. The number of unbranched alkanes of at least 4 members (excludes halogenated alkanes) is 28. The van der Waals surface area contributed by atoms with Gasteiger partial charge in [-0.25, -0.2) is 0 Å². The topological polar surface area (TPSA) is 6.48 Å². The maximum absolute atomic E-state index is 2.70. The Labute approximate surface area is 267 Å². The van der Waals surface area contributed by atoms with Crippen molar-refractivity contribution in [2.45, 2.75) is 232 Å². The van der Waals surface area contributed by atoms with Gasteiger partial charge in [-0.1, -0.05) is 201 Å². The molecule has 0 fully saturated rings. The van der Waals surface area contributed by atoms with Crippen LogP contribution in [0.2, 0.25) is 0 Å². The molecule has 0 aliphatic carbocycles. The molecule has 0 aromatic heterocycles. The predicted molar refractivity (Wildman–Crippen MR) is 191 cm³/mol. The monoisotopic (exact) mass is 589 g/mol. The number of hydrogen-bond donors (Lipinski definition) is 0. The zero-order valence-electron chi connectivity index (χ0n) is 29.7. The Kier molecular flexibility index (Phi) is 29.8. The summed E-state index contributed by atoms with van der Waals surface area (Å²) in [6.07, 6.45) is 51.5. The van der Waals surface area contributed by atoms with Crippen LogP contribution in [0.4, 0.5) is 0 Å². The second-order valence-electron chi connectivity index (χ2n) is 13.9. The first-order valence-corrected chi connectivity index (χ1v) is 20.0. The molecule has 0 amide bonds. The van der Waals surface area contributed by atoms with E-state index in [1.54, 1.807) is 0 Å². The molecular weight excluding hydrogens is 508 g/mol. The molecule has 0 N–H and O–H groups in total. The molecule has 0 radical (unpaired) electrons. The van der Waals surface area contributed by atoms with E-state index < -0.39 is 0 Å². The van der Waals surface area contributed by atoms with Gasteiger partial charge < -0.3 is 9.80 Å². The van der Waals surface area contributed by atoms with Gasteiger partial charge in [-0.2, -0.15) is 0 Å². The largest absolute Gasteiger partial charge is 0.356 e. The first kappa shape index (κ1) is 39.4. The molecule has 0 saturated carbocycles. The quantitative estimate of drug-likeness (QED) is 0.0690. The molecule has 1 rings (SSSR count). The van der Waals surface area contributed by atoms with Gasteiger partial charge in [-0.05, 0) is 25.7 Å². The van der Waals surface area contributed by atoms with Gasteiger partial charge in [0.25, 0.3) is 0 Å². The Morgan fingerprint density at radius 2 is 0.548 bits per heavy atom. The van der Waals surface area contributed by atoms with Gasteiger partial charge in [0, 0.05) is 25.5 Å². The standard InChI is InChI=1S/C40H80N2/c1-4-7-10-12-14-16-18-20-21-22-24-26-28-30-32-35-40-41(36-33-9-6-3)38-39-42(40)37-34-31-29-27-25-23-19-17-15-13-11-8-5-2/h38-40H,4-37H2,1-3H3. The van der Waals surface area contributed by atoms with E-state index in [1.807, 2.05) is 0 Å². The summed E-state index contributed by atoms with van der Waals surface area (Å²) in [4.78, 5) is 5.38. The van der Waals surface area contributed by atoms with Crippen molar-refractivity contribution in [1.29, 1.82) is 0 Å². The second-order valence-corrected chi connectivity index (χ2v) is 13.9. The van der Waals surface area contributed by atoms with E-state index in [-0.39, 0.29) is 0 Å². The first-order chi connectivity index (χ1) is 20.8. The highest BCUT2D eigenvalue weighted by molar-refractivity contribution is 4.97. The molecule has 1 aliphatic heterocycles. The van der Waals surface area contributed by atoms with Gasteiger partial charge in [0.05, 0.1) is 0 Å². The summed E-state index contributed by atoms with van der Waals surface area (Å²) in [6.45, 7) is 9.47. The minimum absolute atomic E-state index is 0.640. The van der Waals surface area contributed by atoms with Crippen LogP contribution in [0.15, 0.2) is 12.4 Å². The van der Waals surface area contributed by atoms with Crippen LogP contribution in [-0.2, 0) is 0 Å². The van der Waals surface area contributed by atoms with E-state index in [1.165, 1.54) is 219 Å². The molecule has 1 aliphatic rings. The highest BCUT2D eigenvalue weighted by atomic mass is 15.4. The molecule has 250 valence electrons. The van der Waals surface area contributed by atoms with Crippen molar-refractivity contribution in [1.82, 2.24) is 9.80 Å². The zero-order chi connectivity index (χ0) is 30.2. The molecule has 2 heteroatoms. The van der Waals surface area contributed by atoms with E-state index >= 15 is 0 Å². The van der Waals surface area contributed by atoms with Crippen molar-refractivity contribution in [3.63, 3.8) is 0 Å². The van der Waals surface area contributed by atoms with Crippen molar-refractivity contribution in [2.75, 3.05) is 13.1 Å². The van der Waals surface area contributed by atoms with Gasteiger partial charge in [0.15, 0.2) is 0 Å². The van der Waals surface area contributed by atoms with Gasteiger partial charge in [-0.15, -0.1) is 0 Å². The third kappa shape index (κ3) is 23.8. The molecule has 0 bridgehead atoms. The summed E-state index contributed by atoms with van der Waals surface area (Å²) in [5.41, 5.74) is 0. The van der Waals surface area contributed by atoms with Crippen molar-refractivity contribution >= 4 is 0 Å². The predicted octanol–water partition coefficient (Wildman–Crippen LogP) is 13.9. The van der Waals surface area contributed by atoms with Crippen molar-refractivity contribution in [2.24, 2.45) is 0 Å². The second kappa shape index (κ2) is 31.8. The lowest BCUT2D eigenvalue weighted by atomic mass is 10.0. The minimum atomic E-state index is 0.640. The van der Waals surface area contributed by atoms with E-state index in [0.29, 0.717) is 6.17 Å². The lowest BCUT2D eigenvalue weighted by Crippen LogP contribution is -2.39. The third-order valence-corrected chi connectivity index (χ3v) is 9.82. The fourth-order valence-corrected chi connectivity index (χ4v) is 6.89. The Hall–Kier alpha value is -0.660. The number of hydrogen-bond acceptors (Lipinski definition) is 2. The van der Waals surface area contributed by atoms with Crippen LogP contribution in [0.1, 0.15) is 226 Å². The third-order valence-electron chi connectivity index (χ3n) is 9.82. The van der Waals surface area contributed by atoms with Crippen LogP contribution in [-0.4, -0.2) is 29.1 Å². The fourth-order valence-electron chi connectivity index (χ4n) is 6.89. The van der Waals surface area contributed by atoms with Crippen LogP contribution in [0.5, 0.6) is 0 Å². The molecule has 1 heterocycles. The number of rotatable bonds is 34. The maximum atomic E-state index is 2.70. The zero-order valence-corrected chi connectivity index (χ0v) is 29.7. The molecular formula is C40H80N2. The highest BCUT2D eigenvalue weighted by Gasteiger charge is 2.24. The van der Waals surface area contributed by atoms with Crippen LogP contribution in [0, 0.1) is 0 Å². The van der Waals surface area contributed by atoms with Gasteiger partial charge >= 0.3 is 0 Å². The van der Waals surface area contributed by atoms with E-state index in [0.717, 1.165) is 0 Å². The molecule has 0 spiro atoms. The van der Waals surface area contributed by atoms with Gasteiger partial charge in [0.2, 0.25) is 0 Å². The van der Waals surface area contributed by atoms with Crippen LogP contribution >= 0.6 is 0 Å². The number of nitrogens with zero attached hydrogens (tertiary/aromatic N) is 2. The summed E-state index contributed by atoms with van der Waals surface area (Å²) >= 11 is 0. The van der Waals surface area contributed by atoms with Crippen molar-refractivity contribution < 1.29 is 0 Å². The summed E-state index contributed by atoms with van der Waals surface area (Å²) < 4.78 is 0. The molecule has 0 aromatic carbocycles. The summed E-state index contributed by atoms with van der Waals surface area (Å²) in [7, 11) is 0. The van der Waals surface area contributed by atoms with Crippen molar-refractivity contribution in [3.05, 3.63) is 12.4 Å². The Balaban J connectivity index is 2.07. The van der Waals surface area contributed by atoms with E-state index in [2.05, 4.69) is 43.0 Å². The Morgan fingerprint density at radius 1 is 0.310 bits per heavy atom. The lowest BCUT2D eigenvalue weighted by Gasteiger charge is -2.33. The van der Waals surface area contributed by atoms with Crippen LogP contribution in [0.25, 0.3) is 0 Å². The minimum Gasteiger partial charge on any atom is -0.356 e. The summed E-state index contributed by atoms with van der Waals surface area (Å²) in [5, 5.41) is 0. The van der Waals surface area contributed by atoms with E-state index in [9.17, 15) is 0 Å². The normalized spacial score (nSPS) is 15.0. The fraction of sp³-hybridized carbons (Fsp3) is 0.950. The molecule has 0 saturated heterocycles. The molecule has 2 nitrogen and oxygen atoms in total. The van der Waals surface area contributed by atoms with Gasteiger partial charge in [0.1, 0.15) is 6.17 Å². The Morgan fingerprint density at radius 3 is 0.881 bits per heavy atom. The first-order valence-electron chi connectivity index (χ1n) is 20.0. The van der Waals surface area contributed by atoms with E-state index in [4.69, 9.17) is 0 Å². The lowest BCUT2D eigenvalue weighted by molar-refractivity contribution is 0.135. The average Bonchev–Trinajstić information content (AvgIpc) is 3.38. The van der Waals surface area contributed by atoms with Crippen LogP contribution in [0.3, 0.4) is 0 Å². The summed E-state index contributed by atoms with van der Waals surface area (Å²) in [5.74, 6) is 0. The van der Waals surface area contributed by atoms with Crippen molar-refractivity contribution in [3.8, 4) is 0 Å². The SMILES string of the molecule is CCCCCCCCCCCCCCCCCC1N(CCCCC)C=CN1CCCCCCCCCCCCCCC. The molecule has 0 aromatic rings. The molecule has 42 heavy (non-hydrogen) atoms. The maximum Gasteiger partial charge on any atom is 0.101 e. The molecule has 1 atom stereocenters. The van der Waals surface area contributed by atoms with Gasteiger partial charge in [-0.3, -0.25) is 0 Å².